The maximum atomic E-state index is 12.2. The third kappa shape index (κ3) is 8.23. The van der Waals surface area contributed by atoms with Gasteiger partial charge < -0.3 is 25.4 Å². The average Bonchev–Trinajstić information content (AvgIpc) is 2.74. The fourth-order valence-corrected chi connectivity index (χ4v) is 2.50. The van der Waals surface area contributed by atoms with Crippen molar-refractivity contribution in [3.8, 4) is 5.75 Å². The first-order chi connectivity index (χ1) is 14.1. The van der Waals surface area contributed by atoms with Gasteiger partial charge >= 0.3 is 0 Å². The molecule has 29 heavy (non-hydrogen) atoms. The van der Waals surface area contributed by atoms with Crippen molar-refractivity contribution in [1.82, 2.24) is 5.32 Å². The Bertz CT molecular complexity index is 778. The molecule has 0 saturated heterocycles. The summed E-state index contributed by atoms with van der Waals surface area (Å²) in [6.45, 7) is 3.79. The molecule has 0 spiro atoms. The summed E-state index contributed by atoms with van der Waals surface area (Å²) < 4.78 is 10.5. The molecule has 2 aromatic rings. The summed E-state index contributed by atoms with van der Waals surface area (Å²) in [7, 11) is 1.58. The van der Waals surface area contributed by atoms with Gasteiger partial charge in [-0.2, -0.15) is 0 Å². The zero-order valence-electron chi connectivity index (χ0n) is 17.0. The van der Waals surface area contributed by atoms with E-state index >= 15 is 0 Å². The standard InChI is InChI=1S/C22H29N3O4/c1-3-4-13-29-20-10-8-18(9-11-20)25-21(26)16-24-19-7-5-6-17(15-19)22(27)23-12-14-28-2/h5-11,15,24H,3-4,12-14,16H2,1-2H3,(H,23,27)(H,25,26). The normalized spacial score (nSPS) is 10.3. The molecule has 0 heterocycles. The van der Waals surface area contributed by atoms with Crippen LogP contribution < -0.4 is 20.7 Å². The third-order valence-corrected chi connectivity index (χ3v) is 4.07. The highest BCUT2D eigenvalue weighted by molar-refractivity contribution is 5.96. The molecule has 7 nitrogen and oxygen atoms in total. The van der Waals surface area contributed by atoms with Gasteiger partial charge in [-0.15, -0.1) is 0 Å². The first kappa shape index (κ1) is 22.2. The van der Waals surface area contributed by atoms with Crippen LogP contribution in [0.5, 0.6) is 5.75 Å². The van der Waals surface area contributed by atoms with E-state index in [-0.39, 0.29) is 18.4 Å². The van der Waals surface area contributed by atoms with Crippen molar-refractivity contribution in [1.29, 1.82) is 0 Å². The molecule has 7 heteroatoms. The molecule has 2 rings (SSSR count). The predicted octanol–water partition coefficient (Wildman–Crippen LogP) is 3.29. The predicted molar refractivity (Wildman–Crippen MR) is 115 cm³/mol. The Morgan fingerprint density at radius 2 is 1.79 bits per heavy atom. The minimum atomic E-state index is -0.184. The summed E-state index contributed by atoms with van der Waals surface area (Å²) in [5, 5.41) is 8.62. The fourth-order valence-electron chi connectivity index (χ4n) is 2.50. The fraction of sp³-hybridized carbons (Fsp3) is 0.364. The number of hydrogen-bond acceptors (Lipinski definition) is 5. The van der Waals surface area contributed by atoms with Crippen LogP contribution >= 0.6 is 0 Å². The Balaban J connectivity index is 1.80. The van der Waals surface area contributed by atoms with Crippen molar-refractivity contribution >= 4 is 23.2 Å². The molecule has 0 fully saturated rings. The second kappa shape index (κ2) is 12.4. The molecule has 2 aromatic carbocycles. The molecule has 0 radical (unpaired) electrons. The molecule has 0 saturated carbocycles. The molecule has 0 atom stereocenters. The molecular weight excluding hydrogens is 370 g/mol. The summed E-state index contributed by atoms with van der Waals surface area (Å²) in [6, 6.07) is 14.3. The van der Waals surface area contributed by atoms with Crippen LogP contribution in [0.25, 0.3) is 0 Å². The summed E-state index contributed by atoms with van der Waals surface area (Å²) in [4.78, 5) is 24.3. The number of rotatable bonds is 12. The highest BCUT2D eigenvalue weighted by Gasteiger charge is 2.07. The number of unbranched alkanes of at least 4 members (excludes halogenated alkanes) is 1. The lowest BCUT2D eigenvalue weighted by Crippen LogP contribution is -2.27. The number of ether oxygens (including phenoxy) is 2. The van der Waals surface area contributed by atoms with Gasteiger partial charge in [0.1, 0.15) is 5.75 Å². The Hall–Kier alpha value is -3.06. The monoisotopic (exact) mass is 399 g/mol. The van der Waals surface area contributed by atoms with E-state index in [1.807, 2.05) is 30.3 Å². The molecule has 2 amide bonds. The maximum Gasteiger partial charge on any atom is 0.251 e. The van der Waals surface area contributed by atoms with Crippen molar-refractivity contribution in [2.24, 2.45) is 0 Å². The van der Waals surface area contributed by atoms with Crippen molar-refractivity contribution in [2.45, 2.75) is 19.8 Å². The van der Waals surface area contributed by atoms with Gasteiger partial charge in [0, 0.05) is 30.6 Å². The molecule has 0 aliphatic rings. The van der Waals surface area contributed by atoms with Gasteiger partial charge in [0.2, 0.25) is 5.91 Å². The van der Waals surface area contributed by atoms with Crippen LogP contribution in [0.2, 0.25) is 0 Å². The minimum absolute atomic E-state index is 0.0868. The molecule has 0 bridgehead atoms. The van der Waals surface area contributed by atoms with E-state index in [0.717, 1.165) is 18.6 Å². The number of amides is 2. The quantitative estimate of drug-likeness (QED) is 0.477. The van der Waals surface area contributed by atoms with Crippen LogP contribution in [-0.2, 0) is 9.53 Å². The lowest BCUT2D eigenvalue weighted by Gasteiger charge is -2.10. The first-order valence-corrected chi connectivity index (χ1v) is 9.76. The number of nitrogens with one attached hydrogen (secondary N) is 3. The molecule has 0 aliphatic heterocycles. The van der Waals surface area contributed by atoms with E-state index < -0.39 is 0 Å². The second-order valence-corrected chi connectivity index (χ2v) is 6.46. The number of benzene rings is 2. The summed E-state index contributed by atoms with van der Waals surface area (Å²) >= 11 is 0. The molecular formula is C22H29N3O4. The van der Waals surface area contributed by atoms with Gasteiger partial charge in [0.05, 0.1) is 19.8 Å². The Morgan fingerprint density at radius 1 is 1.00 bits per heavy atom. The number of carbonyl (C=O) groups is 2. The number of methoxy groups -OCH3 is 1. The third-order valence-electron chi connectivity index (χ3n) is 4.07. The zero-order chi connectivity index (χ0) is 20.9. The second-order valence-electron chi connectivity index (χ2n) is 6.46. The Labute approximate surface area is 171 Å². The van der Waals surface area contributed by atoms with Crippen LogP contribution in [0, 0.1) is 0 Å². The summed E-state index contributed by atoms with van der Waals surface area (Å²) in [5.41, 5.74) is 1.91. The van der Waals surface area contributed by atoms with Crippen LogP contribution in [-0.4, -0.2) is 45.2 Å². The topological polar surface area (TPSA) is 88.7 Å². The van der Waals surface area contributed by atoms with Gasteiger partial charge in [-0.3, -0.25) is 9.59 Å². The summed E-state index contributed by atoms with van der Waals surface area (Å²) in [6.07, 6.45) is 2.10. The number of anilines is 2. The van der Waals surface area contributed by atoms with Gasteiger partial charge in [-0.05, 0) is 48.9 Å². The van der Waals surface area contributed by atoms with E-state index in [2.05, 4.69) is 22.9 Å². The van der Waals surface area contributed by atoms with Gasteiger partial charge in [0.15, 0.2) is 0 Å². The van der Waals surface area contributed by atoms with Crippen molar-refractivity contribution in [3.05, 3.63) is 54.1 Å². The summed E-state index contributed by atoms with van der Waals surface area (Å²) in [5.74, 6) is 0.422. The zero-order valence-corrected chi connectivity index (χ0v) is 17.0. The Kier molecular flexibility index (Phi) is 9.51. The SMILES string of the molecule is CCCCOc1ccc(NC(=O)CNc2cccc(C(=O)NCCOC)c2)cc1. The van der Waals surface area contributed by atoms with Crippen LogP contribution in [0.3, 0.4) is 0 Å². The average molecular weight is 399 g/mol. The Morgan fingerprint density at radius 3 is 2.52 bits per heavy atom. The van der Waals surface area contributed by atoms with Gasteiger partial charge in [-0.25, -0.2) is 0 Å². The van der Waals surface area contributed by atoms with Crippen LogP contribution in [0.15, 0.2) is 48.5 Å². The molecule has 3 N–H and O–H groups in total. The largest absolute Gasteiger partial charge is 0.494 e. The molecule has 156 valence electrons. The van der Waals surface area contributed by atoms with E-state index in [4.69, 9.17) is 9.47 Å². The molecule has 0 aromatic heterocycles. The highest BCUT2D eigenvalue weighted by Crippen LogP contribution is 2.16. The van der Waals surface area contributed by atoms with E-state index in [0.29, 0.717) is 36.7 Å². The lowest BCUT2D eigenvalue weighted by atomic mass is 10.2. The maximum absolute atomic E-state index is 12.2. The number of carbonyl (C=O) groups excluding carboxylic acids is 2. The first-order valence-electron chi connectivity index (χ1n) is 9.76. The minimum Gasteiger partial charge on any atom is -0.494 e. The van der Waals surface area contributed by atoms with E-state index in [9.17, 15) is 9.59 Å². The van der Waals surface area contributed by atoms with Gasteiger partial charge in [-0.1, -0.05) is 19.4 Å². The van der Waals surface area contributed by atoms with Crippen LogP contribution in [0.4, 0.5) is 11.4 Å². The van der Waals surface area contributed by atoms with E-state index in [1.54, 1.807) is 25.3 Å². The molecule has 0 unspecified atom stereocenters. The smallest absolute Gasteiger partial charge is 0.251 e. The van der Waals surface area contributed by atoms with E-state index in [1.165, 1.54) is 0 Å². The van der Waals surface area contributed by atoms with Crippen molar-refractivity contribution in [3.63, 3.8) is 0 Å². The number of hydrogen-bond donors (Lipinski definition) is 3. The lowest BCUT2D eigenvalue weighted by molar-refractivity contribution is -0.114. The highest BCUT2D eigenvalue weighted by atomic mass is 16.5. The van der Waals surface area contributed by atoms with Crippen molar-refractivity contribution in [2.75, 3.05) is 44.0 Å². The molecule has 0 aliphatic carbocycles. The van der Waals surface area contributed by atoms with Gasteiger partial charge in [0.25, 0.3) is 5.91 Å². The van der Waals surface area contributed by atoms with Crippen molar-refractivity contribution < 1.29 is 19.1 Å². The van der Waals surface area contributed by atoms with Crippen LogP contribution in [0.1, 0.15) is 30.1 Å².